The average molecular weight is 502 g/mol. The number of nitrogens with zero attached hydrogens (tertiary/aromatic N) is 2. The molecule has 0 spiro atoms. The van der Waals surface area contributed by atoms with Crippen LogP contribution in [0.1, 0.15) is 59.8 Å². The van der Waals surface area contributed by atoms with Gasteiger partial charge in [-0.1, -0.05) is 13.8 Å². The van der Waals surface area contributed by atoms with Gasteiger partial charge in [0, 0.05) is 29.7 Å². The summed E-state index contributed by atoms with van der Waals surface area (Å²) in [5.41, 5.74) is 2.92. The number of halogens is 1. The molecular formula is C22H23IN4O2. The summed E-state index contributed by atoms with van der Waals surface area (Å²) in [5.74, 6) is -0.299. The minimum atomic E-state index is -0.299. The van der Waals surface area contributed by atoms with E-state index in [9.17, 15) is 14.9 Å². The van der Waals surface area contributed by atoms with Crippen molar-refractivity contribution in [2.45, 2.75) is 46.2 Å². The molecule has 1 aromatic carbocycles. The molecule has 0 saturated carbocycles. The first kappa shape index (κ1) is 21.1. The fourth-order valence-corrected chi connectivity index (χ4v) is 4.39. The Morgan fingerprint density at radius 3 is 2.66 bits per heavy atom. The van der Waals surface area contributed by atoms with Crippen LogP contribution in [-0.4, -0.2) is 15.5 Å². The van der Waals surface area contributed by atoms with E-state index in [0.717, 1.165) is 33.0 Å². The van der Waals surface area contributed by atoms with Gasteiger partial charge < -0.3 is 14.9 Å². The Labute approximate surface area is 183 Å². The van der Waals surface area contributed by atoms with E-state index in [0.29, 0.717) is 22.7 Å². The van der Waals surface area contributed by atoms with Crippen molar-refractivity contribution in [3.05, 3.63) is 66.8 Å². The predicted molar refractivity (Wildman–Crippen MR) is 122 cm³/mol. The number of benzene rings is 1. The van der Waals surface area contributed by atoms with Crippen molar-refractivity contribution in [1.82, 2.24) is 14.9 Å². The highest BCUT2D eigenvalue weighted by Gasteiger charge is 2.18. The van der Waals surface area contributed by atoms with Crippen molar-refractivity contribution < 1.29 is 4.79 Å². The van der Waals surface area contributed by atoms with Gasteiger partial charge in [-0.25, -0.2) is 0 Å². The summed E-state index contributed by atoms with van der Waals surface area (Å²) in [6, 6.07) is 9.70. The number of rotatable bonds is 6. The van der Waals surface area contributed by atoms with Gasteiger partial charge in [-0.3, -0.25) is 9.59 Å². The summed E-state index contributed by atoms with van der Waals surface area (Å²) in [6.07, 6.45) is 3.91. The van der Waals surface area contributed by atoms with E-state index < -0.39 is 0 Å². The summed E-state index contributed by atoms with van der Waals surface area (Å²) >= 11 is 2.05. The average Bonchev–Trinajstić information content (AvgIpc) is 3.11. The fourth-order valence-electron chi connectivity index (χ4n) is 3.67. The van der Waals surface area contributed by atoms with E-state index in [1.807, 2.05) is 31.3 Å². The summed E-state index contributed by atoms with van der Waals surface area (Å²) in [4.78, 5) is 27.9. The van der Waals surface area contributed by atoms with Crippen molar-refractivity contribution in [2.75, 3.05) is 0 Å². The Morgan fingerprint density at radius 1 is 1.31 bits per heavy atom. The SMILES string of the molecule is CCC(CC)n1ccc2c(C(=O)NCc3c(C)cc(I)[nH]c3=O)cc(C#N)cc21. The van der Waals surface area contributed by atoms with E-state index in [-0.39, 0.29) is 18.0 Å². The first-order chi connectivity index (χ1) is 13.9. The molecule has 0 saturated heterocycles. The molecule has 2 N–H and O–H groups in total. The van der Waals surface area contributed by atoms with Crippen LogP contribution in [0.15, 0.2) is 35.3 Å². The molecule has 0 fully saturated rings. The van der Waals surface area contributed by atoms with E-state index in [2.05, 4.69) is 57.4 Å². The van der Waals surface area contributed by atoms with Crippen LogP contribution in [0.5, 0.6) is 0 Å². The highest BCUT2D eigenvalue weighted by atomic mass is 127. The quantitative estimate of drug-likeness (QED) is 0.387. The zero-order valence-electron chi connectivity index (χ0n) is 16.7. The molecule has 3 rings (SSSR count). The molecule has 0 aliphatic heterocycles. The van der Waals surface area contributed by atoms with Crippen LogP contribution in [0.25, 0.3) is 10.9 Å². The van der Waals surface area contributed by atoms with Gasteiger partial charge >= 0.3 is 0 Å². The van der Waals surface area contributed by atoms with Gasteiger partial charge in [-0.05, 0) is 72.2 Å². The maximum atomic E-state index is 13.0. The lowest BCUT2D eigenvalue weighted by Crippen LogP contribution is -2.28. The van der Waals surface area contributed by atoms with Gasteiger partial charge in [0.15, 0.2) is 0 Å². The Bertz CT molecular complexity index is 1170. The Kier molecular flexibility index (Phi) is 6.42. The van der Waals surface area contributed by atoms with Gasteiger partial charge in [0.2, 0.25) is 0 Å². The lowest BCUT2D eigenvalue weighted by molar-refractivity contribution is 0.0952. The van der Waals surface area contributed by atoms with Crippen molar-refractivity contribution in [3.63, 3.8) is 0 Å². The number of aryl methyl sites for hydroxylation is 1. The molecule has 2 heterocycles. The molecule has 0 atom stereocenters. The monoisotopic (exact) mass is 502 g/mol. The number of carbonyl (C=O) groups excluding carboxylic acids is 1. The molecule has 0 aliphatic carbocycles. The van der Waals surface area contributed by atoms with E-state index in [4.69, 9.17) is 0 Å². The zero-order valence-corrected chi connectivity index (χ0v) is 18.8. The van der Waals surface area contributed by atoms with Crippen molar-refractivity contribution in [2.24, 2.45) is 0 Å². The molecule has 0 bridgehead atoms. The Balaban J connectivity index is 1.98. The summed E-state index contributed by atoms with van der Waals surface area (Å²) < 4.78 is 2.90. The first-order valence-corrected chi connectivity index (χ1v) is 10.7. The second-order valence-corrected chi connectivity index (χ2v) is 8.21. The van der Waals surface area contributed by atoms with Gasteiger partial charge in [-0.2, -0.15) is 5.26 Å². The van der Waals surface area contributed by atoms with Crippen LogP contribution < -0.4 is 10.9 Å². The Morgan fingerprint density at radius 2 is 2.03 bits per heavy atom. The molecule has 2 aromatic heterocycles. The third-order valence-electron chi connectivity index (χ3n) is 5.30. The first-order valence-electron chi connectivity index (χ1n) is 9.60. The number of aromatic nitrogens is 2. The molecule has 0 aliphatic rings. The van der Waals surface area contributed by atoms with Crippen molar-refractivity contribution in [1.29, 1.82) is 5.26 Å². The van der Waals surface area contributed by atoms with Crippen LogP contribution in [0.2, 0.25) is 0 Å². The minimum absolute atomic E-state index is 0.127. The number of nitriles is 1. The molecule has 1 amide bonds. The van der Waals surface area contributed by atoms with Gasteiger partial charge in [0.1, 0.15) is 0 Å². The summed E-state index contributed by atoms with van der Waals surface area (Å²) in [6.45, 7) is 6.23. The molecule has 0 unspecified atom stereocenters. The summed E-state index contributed by atoms with van der Waals surface area (Å²) in [7, 11) is 0. The smallest absolute Gasteiger partial charge is 0.253 e. The number of amides is 1. The summed E-state index contributed by atoms with van der Waals surface area (Å²) in [5, 5.41) is 13.1. The van der Waals surface area contributed by atoms with Crippen LogP contribution in [0, 0.1) is 22.0 Å². The van der Waals surface area contributed by atoms with Crippen LogP contribution in [0.3, 0.4) is 0 Å². The number of pyridine rings is 1. The van der Waals surface area contributed by atoms with Gasteiger partial charge in [0.05, 0.1) is 26.4 Å². The highest BCUT2D eigenvalue weighted by molar-refractivity contribution is 14.1. The topological polar surface area (TPSA) is 90.7 Å². The predicted octanol–water partition coefficient (Wildman–Crippen LogP) is 4.41. The fraction of sp³-hybridized carbons (Fsp3) is 0.318. The number of carbonyl (C=O) groups is 1. The van der Waals surface area contributed by atoms with Crippen LogP contribution in [0.4, 0.5) is 0 Å². The Hall–Kier alpha value is -2.60. The van der Waals surface area contributed by atoms with E-state index in [1.54, 1.807) is 6.07 Å². The van der Waals surface area contributed by atoms with Crippen LogP contribution >= 0.6 is 22.6 Å². The second-order valence-electron chi connectivity index (χ2n) is 7.05. The lowest BCUT2D eigenvalue weighted by atomic mass is 10.0. The number of hydrogen-bond donors (Lipinski definition) is 2. The molecule has 7 heteroatoms. The van der Waals surface area contributed by atoms with Crippen LogP contribution in [-0.2, 0) is 6.54 Å². The minimum Gasteiger partial charge on any atom is -0.348 e. The normalized spacial score (nSPS) is 11.0. The molecule has 3 aromatic rings. The number of nitrogens with one attached hydrogen (secondary N) is 2. The lowest BCUT2D eigenvalue weighted by Gasteiger charge is -2.17. The molecule has 6 nitrogen and oxygen atoms in total. The third kappa shape index (κ3) is 4.22. The van der Waals surface area contributed by atoms with E-state index in [1.165, 1.54) is 0 Å². The van der Waals surface area contributed by atoms with Crippen molar-refractivity contribution in [3.8, 4) is 6.07 Å². The largest absolute Gasteiger partial charge is 0.348 e. The van der Waals surface area contributed by atoms with Gasteiger partial charge in [0.25, 0.3) is 11.5 Å². The van der Waals surface area contributed by atoms with Crippen molar-refractivity contribution >= 4 is 39.4 Å². The second kappa shape index (κ2) is 8.82. The molecule has 150 valence electrons. The standard InChI is InChI=1S/C22H23IN4O2/c1-4-15(5-2)27-7-6-16-17(9-14(11-24)10-19(16)27)21(28)25-12-18-13(3)8-20(23)26-22(18)29/h6-10,15H,4-5,12H2,1-3H3,(H,25,28)(H,26,29). The molecular weight excluding hydrogens is 479 g/mol. The maximum absolute atomic E-state index is 13.0. The molecule has 29 heavy (non-hydrogen) atoms. The van der Waals surface area contributed by atoms with Gasteiger partial charge in [-0.15, -0.1) is 0 Å². The number of H-pyrrole nitrogens is 1. The third-order valence-corrected chi connectivity index (χ3v) is 5.88. The number of aromatic amines is 1. The maximum Gasteiger partial charge on any atom is 0.253 e. The molecule has 0 radical (unpaired) electrons. The number of hydrogen-bond acceptors (Lipinski definition) is 3. The zero-order chi connectivity index (χ0) is 21.1. The number of fused-ring (bicyclic) bond motifs is 1. The van der Waals surface area contributed by atoms with E-state index >= 15 is 0 Å². The highest BCUT2D eigenvalue weighted by Crippen LogP contribution is 2.28.